The maximum atomic E-state index is 9.13. The van der Waals surface area contributed by atoms with Crippen LogP contribution in [0.25, 0.3) is 0 Å². The van der Waals surface area contributed by atoms with E-state index in [9.17, 15) is 0 Å². The first-order valence-electron chi connectivity index (χ1n) is 6.68. The van der Waals surface area contributed by atoms with E-state index in [2.05, 4.69) is 49.5 Å². The average molecular weight is 255 g/mol. The van der Waals surface area contributed by atoms with Crippen LogP contribution in [0.4, 0.5) is 0 Å². The lowest BCUT2D eigenvalue weighted by Crippen LogP contribution is -2.18. The lowest BCUT2D eigenvalue weighted by Gasteiger charge is -2.16. The molecule has 19 heavy (non-hydrogen) atoms. The Bertz CT molecular complexity index is 536. The first-order chi connectivity index (χ1) is 9.20. The number of rotatable bonds is 5. The summed E-state index contributed by atoms with van der Waals surface area (Å²) >= 11 is 0. The third-order valence-corrected chi connectivity index (χ3v) is 3.44. The van der Waals surface area contributed by atoms with Crippen LogP contribution in [0.1, 0.15) is 35.2 Å². The third kappa shape index (κ3) is 3.66. The molecular formula is C17H21NO. The first-order valence-corrected chi connectivity index (χ1v) is 6.68. The van der Waals surface area contributed by atoms with Crippen LogP contribution in [-0.4, -0.2) is 5.11 Å². The van der Waals surface area contributed by atoms with Gasteiger partial charge in [-0.3, -0.25) is 0 Å². The maximum absolute atomic E-state index is 9.13. The van der Waals surface area contributed by atoms with Gasteiger partial charge in [0.15, 0.2) is 0 Å². The summed E-state index contributed by atoms with van der Waals surface area (Å²) < 4.78 is 0. The Kier molecular flexibility index (Phi) is 4.72. The second-order valence-corrected chi connectivity index (χ2v) is 4.94. The summed E-state index contributed by atoms with van der Waals surface area (Å²) in [7, 11) is 0. The van der Waals surface area contributed by atoms with Gasteiger partial charge in [-0.05, 0) is 36.1 Å². The van der Waals surface area contributed by atoms with Gasteiger partial charge in [0.1, 0.15) is 0 Å². The van der Waals surface area contributed by atoms with E-state index in [1.54, 1.807) is 0 Å². The van der Waals surface area contributed by atoms with Crippen LogP contribution in [0.3, 0.4) is 0 Å². The molecule has 2 rings (SSSR count). The number of aryl methyl sites for hydroxylation is 1. The van der Waals surface area contributed by atoms with Crippen LogP contribution in [0, 0.1) is 6.92 Å². The van der Waals surface area contributed by atoms with Crippen LogP contribution < -0.4 is 5.32 Å². The molecule has 0 heterocycles. The molecule has 1 unspecified atom stereocenters. The van der Waals surface area contributed by atoms with Crippen LogP contribution in [-0.2, 0) is 13.2 Å². The molecule has 0 aliphatic rings. The lowest BCUT2D eigenvalue weighted by molar-refractivity contribution is 0.281. The van der Waals surface area contributed by atoms with Gasteiger partial charge < -0.3 is 10.4 Å². The van der Waals surface area contributed by atoms with Crippen molar-refractivity contribution in [1.29, 1.82) is 0 Å². The molecule has 0 radical (unpaired) electrons. The van der Waals surface area contributed by atoms with Crippen LogP contribution in [0.2, 0.25) is 0 Å². The largest absolute Gasteiger partial charge is 0.392 e. The van der Waals surface area contributed by atoms with Crippen molar-refractivity contribution in [2.45, 2.75) is 33.0 Å². The second kappa shape index (κ2) is 6.50. The van der Waals surface area contributed by atoms with Gasteiger partial charge in [-0.1, -0.05) is 48.5 Å². The summed E-state index contributed by atoms with van der Waals surface area (Å²) in [6, 6.07) is 16.8. The van der Waals surface area contributed by atoms with Crippen molar-refractivity contribution >= 4 is 0 Å². The van der Waals surface area contributed by atoms with Crippen LogP contribution in [0.15, 0.2) is 48.5 Å². The molecule has 0 saturated carbocycles. The summed E-state index contributed by atoms with van der Waals surface area (Å²) in [4.78, 5) is 0. The van der Waals surface area contributed by atoms with E-state index >= 15 is 0 Å². The number of hydrogen-bond donors (Lipinski definition) is 2. The van der Waals surface area contributed by atoms with Gasteiger partial charge in [-0.25, -0.2) is 0 Å². The first kappa shape index (κ1) is 13.8. The molecule has 0 spiro atoms. The molecule has 0 amide bonds. The zero-order chi connectivity index (χ0) is 13.7. The molecule has 0 bridgehead atoms. The quantitative estimate of drug-likeness (QED) is 0.859. The Morgan fingerprint density at radius 1 is 1.05 bits per heavy atom. The van der Waals surface area contributed by atoms with Gasteiger partial charge >= 0.3 is 0 Å². The molecule has 2 nitrogen and oxygen atoms in total. The topological polar surface area (TPSA) is 32.3 Å². The van der Waals surface area contributed by atoms with Gasteiger partial charge in [0, 0.05) is 12.6 Å². The lowest BCUT2D eigenvalue weighted by atomic mass is 10.0. The highest BCUT2D eigenvalue weighted by molar-refractivity contribution is 5.28. The fourth-order valence-electron chi connectivity index (χ4n) is 2.29. The average Bonchev–Trinajstić information content (AvgIpc) is 2.45. The van der Waals surface area contributed by atoms with Gasteiger partial charge in [0.25, 0.3) is 0 Å². The van der Waals surface area contributed by atoms with Crippen molar-refractivity contribution in [3.05, 3.63) is 70.8 Å². The summed E-state index contributed by atoms with van der Waals surface area (Å²) in [5.74, 6) is 0. The SMILES string of the molecule is Cc1ccccc1C(C)NCc1cccc(CO)c1. The number of benzene rings is 2. The smallest absolute Gasteiger partial charge is 0.0681 e. The molecule has 0 aliphatic carbocycles. The monoisotopic (exact) mass is 255 g/mol. The van der Waals surface area contributed by atoms with Gasteiger partial charge in [-0.15, -0.1) is 0 Å². The van der Waals surface area contributed by atoms with E-state index in [-0.39, 0.29) is 6.61 Å². The van der Waals surface area contributed by atoms with E-state index in [1.165, 1.54) is 16.7 Å². The number of nitrogens with one attached hydrogen (secondary N) is 1. The van der Waals surface area contributed by atoms with Crippen LogP contribution >= 0.6 is 0 Å². The van der Waals surface area contributed by atoms with E-state index in [0.717, 1.165) is 12.1 Å². The van der Waals surface area contributed by atoms with Crippen molar-refractivity contribution in [3.8, 4) is 0 Å². The van der Waals surface area contributed by atoms with Crippen molar-refractivity contribution in [2.24, 2.45) is 0 Å². The van der Waals surface area contributed by atoms with Crippen molar-refractivity contribution in [2.75, 3.05) is 0 Å². The Morgan fingerprint density at radius 2 is 1.79 bits per heavy atom. The fraction of sp³-hybridized carbons (Fsp3) is 0.294. The Morgan fingerprint density at radius 3 is 2.53 bits per heavy atom. The predicted molar refractivity (Wildman–Crippen MR) is 78.8 cm³/mol. The molecule has 2 N–H and O–H groups in total. The van der Waals surface area contributed by atoms with Crippen LogP contribution in [0.5, 0.6) is 0 Å². The highest BCUT2D eigenvalue weighted by atomic mass is 16.3. The number of hydrogen-bond acceptors (Lipinski definition) is 2. The predicted octanol–water partition coefficient (Wildman–Crippen LogP) is 3.34. The van der Waals surface area contributed by atoms with Crippen molar-refractivity contribution < 1.29 is 5.11 Å². The van der Waals surface area contributed by atoms with Gasteiger partial charge in [-0.2, -0.15) is 0 Å². The second-order valence-electron chi connectivity index (χ2n) is 4.94. The molecule has 2 aromatic rings. The minimum absolute atomic E-state index is 0.0984. The molecule has 100 valence electrons. The zero-order valence-electron chi connectivity index (χ0n) is 11.6. The molecule has 0 fully saturated rings. The summed E-state index contributed by atoms with van der Waals surface area (Å²) in [5.41, 5.74) is 4.81. The Balaban J connectivity index is 2.00. The normalized spacial score (nSPS) is 12.4. The number of aliphatic hydroxyl groups is 1. The number of aliphatic hydroxyl groups excluding tert-OH is 1. The summed E-state index contributed by atoms with van der Waals surface area (Å²) in [6.45, 7) is 5.22. The van der Waals surface area contributed by atoms with Gasteiger partial charge in [0.05, 0.1) is 6.61 Å². The third-order valence-electron chi connectivity index (χ3n) is 3.44. The Hall–Kier alpha value is -1.64. The molecule has 0 aromatic heterocycles. The van der Waals surface area contributed by atoms with Crippen molar-refractivity contribution in [1.82, 2.24) is 5.32 Å². The molecule has 2 aromatic carbocycles. The zero-order valence-corrected chi connectivity index (χ0v) is 11.6. The minimum atomic E-state index is 0.0984. The standard InChI is InChI=1S/C17H21NO/c1-13-6-3-4-9-17(13)14(2)18-11-15-7-5-8-16(10-15)12-19/h3-10,14,18-19H,11-12H2,1-2H3. The minimum Gasteiger partial charge on any atom is -0.392 e. The highest BCUT2D eigenvalue weighted by Gasteiger charge is 2.07. The van der Waals surface area contributed by atoms with Crippen molar-refractivity contribution in [3.63, 3.8) is 0 Å². The van der Waals surface area contributed by atoms with E-state index in [0.29, 0.717) is 6.04 Å². The molecular weight excluding hydrogens is 234 g/mol. The van der Waals surface area contributed by atoms with E-state index in [4.69, 9.17) is 5.11 Å². The Labute approximate surface area is 115 Å². The molecule has 2 heteroatoms. The maximum Gasteiger partial charge on any atom is 0.0681 e. The fourth-order valence-corrected chi connectivity index (χ4v) is 2.29. The molecule has 0 saturated heterocycles. The highest BCUT2D eigenvalue weighted by Crippen LogP contribution is 2.17. The molecule has 0 aliphatic heterocycles. The van der Waals surface area contributed by atoms with Gasteiger partial charge in [0.2, 0.25) is 0 Å². The van der Waals surface area contributed by atoms with E-state index < -0.39 is 0 Å². The summed E-state index contributed by atoms with van der Waals surface area (Å²) in [6.07, 6.45) is 0. The summed E-state index contributed by atoms with van der Waals surface area (Å²) in [5, 5.41) is 12.7. The van der Waals surface area contributed by atoms with E-state index in [1.807, 2.05) is 18.2 Å². The molecule has 1 atom stereocenters.